The molecule has 2 saturated heterocycles. The van der Waals surface area contributed by atoms with Crippen LogP contribution in [0.1, 0.15) is 38.4 Å². The number of hydrogen-bond donors (Lipinski definition) is 0. The summed E-state index contributed by atoms with van der Waals surface area (Å²) in [6.45, 7) is 7.14. The Kier molecular flexibility index (Phi) is 4.18. The zero-order chi connectivity index (χ0) is 15.7. The molecule has 1 spiro atoms. The number of nitrogens with zero attached hydrogens (tertiary/aromatic N) is 5. The van der Waals surface area contributed by atoms with E-state index in [1.165, 1.54) is 0 Å². The molecule has 0 N–H and O–H groups in total. The van der Waals surface area contributed by atoms with Crippen molar-refractivity contribution in [3.63, 3.8) is 0 Å². The number of aromatic nitrogens is 3. The molecule has 122 valence electrons. The van der Waals surface area contributed by atoms with Crippen molar-refractivity contribution in [3.05, 3.63) is 5.82 Å². The van der Waals surface area contributed by atoms with Crippen LogP contribution in [0.5, 0.6) is 0 Å². The quantitative estimate of drug-likeness (QED) is 0.836. The molecule has 2 aliphatic heterocycles. The van der Waals surface area contributed by atoms with Crippen LogP contribution in [-0.4, -0.2) is 61.1 Å². The van der Waals surface area contributed by atoms with E-state index < -0.39 is 5.79 Å². The molecule has 7 nitrogen and oxygen atoms in total. The van der Waals surface area contributed by atoms with Gasteiger partial charge in [0.1, 0.15) is 5.82 Å². The first-order chi connectivity index (χ1) is 10.5. The van der Waals surface area contributed by atoms with E-state index in [1.54, 1.807) is 0 Å². The lowest BCUT2D eigenvalue weighted by Gasteiger charge is -2.38. The Labute approximate surface area is 131 Å². The molecule has 22 heavy (non-hydrogen) atoms. The molecule has 7 heteroatoms. The van der Waals surface area contributed by atoms with E-state index in [2.05, 4.69) is 33.7 Å². The van der Waals surface area contributed by atoms with Gasteiger partial charge >= 0.3 is 0 Å². The fourth-order valence-electron chi connectivity index (χ4n) is 2.86. The van der Waals surface area contributed by atoms with Crippen molar-refractivity contribution in [1.29, 1.82) is 0 Å². The Morgan fingerprint density at radius 1 is 1.14 bits per heavy atom. The lowest BCUT2D eigenvalue weighted by molar-refractivity contribution is -0.161. The Morgan fingerprint density at radius 2 is 1.86 bits per heavy atom. The molecular weight excluding hydrogens is 282 g/mol. The lowest BCUT2D eigenvalue weighted by atomic mass is 10.1. The molecule has 0 radical (unpaired) electrons. The van der Waals surface area contributed by atoms with Crippen molar-refractivity contribution in [2.24, 2.45) is 0 Å². The van der Waals surface area contributed by atoms with Crippen molar-refractivity contribution >= 4 is 11.9 Å². The van der Waals surface area contributed by atoms with Crippen LogP contribution in [0.3, 0.4) is 0 Å². The lowest BCUT2D eigenvalue weighted by Crippen LogP contribution is -2.49. The maximum Gasteiger partial charge on any atom is 0.230 e. The number of piperidine rings is 1. The van der Waals surface area contributed by atoms with Gasteiger partial charge in [-0.05, 0) is 6.42 Å². The minimum absolute atomic E-state index is 0.262. The Hall–Kier alpha value is -1.47. The van der Waals surface area contributed by atoms with Gasteiger partial charge in [-0.1, -0.05) is 13.8 Å². The summed E-state index contributed by atoms with van der Waals surface area (Å²) in [7, 11) is 3.90. The van der Waals surface area contributed by atoms with Crippen LogP contribution in [0.15, 0.2) is 0 Å². The second-order valence-electron chi connectivity index (χ2n) is 6.48. The summed E-state index contributed by atoms with van der Waals surface area (Å²) in [4.78, 5) is 17.9. The largest absolute Gasteiger partial charge is 0.347 e. The predicted octanol–water partition coefficient (Wildman–Crippen LogP) is 1.40. The van der Waals surface area contributed by atoms with Gasteiger partial charge in [-0.15, -0.1) is 0 Å². The molecule has 0 bridgehead atoms. The third-order valence-electron chi connectivity index (χ3n) is 4.06. The average Bonchev–Trinajstić information content (AvgIpc) is 2.94. The number of anilines is 2. The number of ether oxygens (including phenoxy) is 2. The van der Waals surface area contributed by atoms with Gasteiger partial charge in [0.2, 0.25) is 11.9 Å². The molecule has 3 rings (SSSR count). The van der Waals surface area contributed by atoms with Gasteiger partial charge in [-0.25, -0.2) is 0 Å². The van der Waals surface area contributed by atoms with Crippen LogP contribution in [0.25, 0.3) is 0 Å². The Balaban J connectivity index is 1.89. The highest BCUT2D eigenvalue weighted by Crippen LogP contribution is 2.32. The van der Waals surface area contributed by atoms with Crippen molar-refractivity contribution < 1.29 is 9.47 Å². The minimum Gasteiger partial charge on any atom is -0.347 e. The topological polar surface area (TPSA) is 63.6 Å². The zero-order valence-electron chi connectivity index (χ0n) is 13.9. The van der Waals surface area contributed by atoms with Crippen molar-refractivity contribution in [3.8, 4) is 0 Å². The second kappa shape index (κ2) is 5.96. The Bertz CT molecular complexity index is 502. The van der Waals surface area contributed by atoms with Crippen molar-refractivity contribution in [2.75, 3.05) is 50.2 Å². The van der Waals surface area contributed by atoms with Gasteiger partial charge in [0.15, 0.2) is 5.79 Å². The van der Waals surface area contributed by atoms with Gasteiger partial charge in [-0.2, -0.15) is 15.0 Å². The molecule has 2 fully saturated rings. The van der Waals surface area contributed by atoms with Gasteiger partial charge in [0.05, 0.1) is 19.8 Å². The monoisotopic (exact) mass is 307 g/mol. The minimum atomic E-state index is -0.471. The molecule has 0 unspecified atom stereocenters. The zero-order valence-corrected chi connectivity index (χ0v) is 13.9. The van der Waals surface area contributed by atoms with E-state index in [-0.39, 0.29) is 5.92 Å². The summed E-state index contributed by atoms with van der Waals surface area (Å²) in [5.41, 5.74) is 0. The van der Waals surface area contributed by atoms with E-state index in [0.717, 1.165) is 31.2 Å². The summed E-state index contributed by atoms with van der Waals surface area (Å²) >= 11 is 0. The average molecular weight is 307 g/mol. The first-order valence-corrected chi connectivity index (χ1v) is 7.95. The molecule has 1 aromatic heterocycles. The molecule has 0 atom stereocenters. The van der Waals surface area contributed by atoms with Crippen LogP contribution in [0.4, 0.5) is 11.9 Å². The van der Waals surface area contributed by atoms with Gasteiger partial charge in [-0.3, -0.25) is 0 Å². The molecule has 0 amide bonds. The van der Waals surface area contributed by atoms with Crippen molar-refractivity contribution in [2.45, 2.75) is 38.4 Å². The standard InChI is InChI=1S/C15H25N5O2/c1-11(2)12-16-13(19(3)4)18-14(17-12)20-7-5-6-15(10-20)21-8-9-22-15/h11H,5-10H2,1-4H3. The molecule has 3 heterocycles. The maximum absolute atomic E-state index is 5.84. The van der Waals surface area contributed by atoms with Crippen LogP contribution in [0.2, 0.25) is 0 Å². The molecule has 0 aliphatic carbocycles. The summed E-state index contributed by atoms with van der Waals surface area (Å²) in [5.74, 6) is 2.03. The van der Waals surface area contributed by atoms with E-state index >= 15 is 0 Å². The van der Waals surface area contributed by atoms with E-state index in [4.69, 9.17) is 9.47 Å². The van der Waals surface area contributed by atoms with E-state index in [1.807, 2.05) is 19.0 Å². The first kappa shape index (κ1) is 15.4. The summed E-state index contributed by atoms with van der Waals surface area (Å²) in [6.07, 6.45) is 1.95. The Morgan fingerprint density at radius 3 is 2.50 bits per heavy atom. The van der Waals surface area contributed by atoms with Crippen LogP contribution >= 0.6 is 0 Å². The third kappa shape index (κ3) is 3.01. The summed E-state index contributed by atoms with van der Waals surface area (Å²) in [5, 5.41) is 0. The summed E-state index contributed by atoms with van der Waals surface area (Å²) in [6, 6.07) is 0. The predicted molar refractivity (Wildman–Crippen MR) is 84.3 cm³/mol. The smallest absolute Gasteiger partial charge is 0.230 e. The van der Waals surface area contributed by atoms with Crippen LogP contribution < -0.4 is 9.80 Å². The first-order valence-electron chi connectivity index (χ1n) is 7.95. The third-order valence-corrected chi connectivity index (χ3v) is 4.06. The SMILES string of the molecule is CC(C)c1nc(N(C)C)nc(N2CCCC3(C2)OCCO3)n1. The van der Waals surface area contributed by atoms with Crippen LogP contribution in [-0.2, 0) is 9.47 Å². The number of hydrogen-bond acceptors (Lipinski definition) is 7. The molecule has 2 aliphatic rings. The summed E-state index contributed by atoms with van der Waals surface area (Å²) < 4.78 is 11.7. The molecule has 1 aromatic rings. The van der Waals surface area contributed by atoms with E-state index in [0.29, 0.717) is 25.7 Å². The number of rotatable bonds is 3. The van der Waals surface area contributed by atoms with E-state index in [9.17, 15) is 0 Å². The van der Waals surface area contributed by atoms with Gasteiger partial charge < -0.3 is 19.3 Å². The molecule has 0 saturated carbocycles. The maximum atomic E-state index is 5.84. The van der Waals surface area contributed by atoms with Gasteiger partial charge in [0, 0.05) is 33.0 Å². The molecular formula is C15H25N5O2. The fraction of sp³-hybridized carbons (Fsp3) is 0.800. The highest BCUT2D eigenvalue weighted by molar-refractivity contribution is 5.39. The highest BCUT2D eigenvalue weighted by Gasteiger charge is 2.41. The second-order valence-corrected chi connectivity index (χ2v) is 6.48. The highest BCUT2D eigenvalue weighted by atomic mass is 16.7. The van der Waals surface area contributed by atoms with Crippen LogP contribution in [0, 0.1) is 0 Å². The normalized spacial score (nSPS) is 20.9. The fourth-order valence-corrected chi connectivity index (χ4v) is 2.86. The van der Waals surface area contributed by atoms with Crippen molar-refractivity contribution in [1.82, 2.24) is 15.0 Å². The molecule has 0 aromatic carbocycles. The van der Waals surface area contributed by atoms with Gasteiger partial charge in [0.25, 0.3) is 0 Å².